The number of quaternary nitrogens is 1. The van der Waals surface area contributed by atoms with Crippen molar-refractivity contribution in [2.45, 2.75) is 110 Å². The van der Waals surface area contributed by atoms with Crippen LogP contribution in [0.3, 0.4) is 0 Å². The predicted octanol–water partition coefficient (Wildman–Crippen LogP) is 7.78. The Labute approximate surface area is 159 Å². The van der Waals surface area contributed by atoms with Gasteiger partial charge >= 0.3 is 0 Å². The molecule has 0 aromatic carbocycles. The summed E-state index contributed by atoms with van der Waals surface area (Å²) in [6.45, 7) is 8.39. The van der Waals surface area contributed by atoms with Crippen molar-refractivity contribution in [1.82, 2.24) is 0 Å². The highest BCUT2D eigenvalue weighted by molar-refractivity contribution is 5.03. The molecule has 0 saturated carbocycles. The van der Waals surface area contributed by atoms with Gasteiger partial charge in [0.25, 0.3) is 0 Å². The second kappa shape index (κ2) is 15.7. The van der Waals surface area contributed by atoms with Crippen LogP contribution in [0.5, 0.6) is 0 Å². The maximum absolute atomic E-state index is 2.41. The van der Waals surface area contributed by atoms with Gasteiger partial charge < -0.3 is 0 Å². The van der Waals surface area contributed by atoms with E-state index in [1.165, 1.54) is 120 Å². The maximum Gasteiger partial charge on any atom is 0.102 e. The summed E-state index contributed by atoms with van der Waals surface area (Å²) in [5.41, 5.74) is 0. The molecule has 1 heterocycles. The van der Waals surface area contributed by atoms with Crippen LogP contribution < -0.4 is 0 Å². The molecule has 146 valence electrons. The molecule has 0 aliphatic carbocycles. The average molecular weight is 349 g/mol. The van der Waals surface area contributed by atoms with E-state index in [1.54, 1.807) is 0 Å². The Kier molecular flexibility index (Phi) is 14.1. The van der Waals surface area contributed by atoms with Gasteiger partial charge in [-0.15, -0.1) is 0 Å². The van der Waals surface area contributed by atoms with E-state index in [1.807, 2.05) is 0 Å². The van der Waals surface area contributed by atoms with E-state index in [0.717, 1.165) is 0 Å². The summed E-state index contributed by atoms with van der Waals surface area (Å²) in [6, 6.07) is 0. The highest BCUT2D eigenvalue weighted by Crippen LogP contribution is 2.17. The van der Waals surface area contributed by atoms with Crippen molar-refractivity contribution in [1.29, 1.82) is 0 Å². The molecule has 1 atom stereocenters. The molecule has 1 nitrogen and oxygen atoms in total. The normalized spacial score (nSPS) is 19.6. The molecular weight excluding hydrogens is 302 g/mol. The molecule has 0 saturated heterocycles. The SMILES string of the molecule is CCCCCCCCCCCCCCCCC[N+]1(CC)C=CC=CC1. The molecule has 1 unspecified atom stereocenters. The van der Waals surface area contributed by atoms with Gasteiger partial charge in [0.2, 0.25) is 0 Å². The summed E-state index contributed by atoms with van der Waals surface area (Å²) in [5.74, 6) is 0. The number of hydrogen-bond donors (Lipinski definition) is 0. The Morgan fingerprint density at radius 1 is 0.600 bits per heavy atom. The van der Waals surface area contributed by atoms with E-state index in [-0.39, 0.29) is 0 Å². The third-order valence-electron chi connectivity index (χ3n) is 5.96. The summed E-state index contributed by atoms with van der Waals surface area (Å²) < 4.78 is 1.18. The van der Waals surface area contributed by atoms with Gasteiger partial charge in [-0.05, 0) is 31.9 Å². The minimum Gasteiger partial charge on any atom is -0.294 e. The predicted molar refractivity (Wildman–Crippen MR) is 114 cm³/mol. The van der Waals surface area contributed by atoms with Gasteiger partial charge in [0, 0.05) is 0 Å². The fraction of sp³-hybridized carbons (Fsp3) is 0.833. The third kappa shape index (κ3) is 11.6. The topological polar surface area (TPSA) is 0 Å². The van der Waals surface area contributed by atoms with Gasteiger partial charge in [-0.2, -0.15) is 0 Å². The number of nitrogens with zero attached hydrogens (tertiary/aromatic N) is 1. The lowest BCUT2D eigenvalue weighted by Crippen LogP contribution is -2.44. The van der Waals surface area contributed by atoms with E-state index >= 15 is 0 Å². The first-order chi connectivity index (χ1) is 12.3. The van der Waals surface area contributed by atoms with E-state index in [4.69, 9.17) is 0 Å². The summed E-state index contributed by atoms with van der Waals surface area (Å²) in [7, 11) is 0. The molecule has 0 aromatic rings. The molecule has 0 radical (unpaired) electrons. The molecule has 0 N–H and O–H groups in total. The molecule has 25 heavy (non-hydrogen) atoms. The number of allylic oxidation sites excluding steroid dienone is 2. The zero-order valence-corrected chi connectivity index (χ0v) is 17.5. The van der Waals surface area contributed by atoms with Gasteiger partial charge in [-0.1, -0.05) is 96.5 Å². The van der Waals surface area contributed by atoms with Crippen molar-refractivity contribution in [3.8, 4) is 0 Å². The quantitative estimate of drug-likeness (QED) is 0.186. The second-order valence-corrected chi connectivity index (χ2v) is 8.16. The first-order valence-electron chi connectivity index (χ1n) is 11.5. The van der Waals surface area contributed by atoms with Crippen LogP contribution in [0.15, 0.2) is 24.4 Å². The number of likely N-dealkylation sites (N-methyl/N-ethyl adjacent to an activating group) is 1. The van der Waals surface area contributed by atoms with Crippen LogP contribution in [0.1, 0.15) is 110 Å². The summed E-state index contributed by atoms with van der Waals surface area (Å²) >= 11 is 0. The minimum absolute atomic E-state index is 1.18. The van der Waals surface area contributed by atoms with E-state index < -0.39 is 0 Å². The van der Waals surface area contributed by atoms with E-state index in [9.17, 15) is 0 Å². The smallest absolute Gasteiger partial charge is 0.102 e. The van der Waals surface area contributed by atoms with E-state index in [2.05, 4.69) is 38.3 Å². The number of hydrogen-bond acceptors (Lipinski definition) is 0. The average Bonchev–Trinajstić information content (AvgIpc) is 2.65. The van der Waals surface area contributed by atoms with Crippen molar-refractivity contribution >= 4 is 0 Å². The summed E-state index contributed by atoms with van der Waals surface area (Å²) in [4.78, 5) is 0. The first-order valence-corrected chi connectivity index (χ1v) is 11.5. The molecular formula is C24H46N+. The third-order valence-corrected chi connectivity index (χ3v) is 5.96. The van der Waals surface area contributed by atoms with Crippen LogP contribution in [0.2, 0.25) is 0 Å². The van der Waals surface area contributed by atoms with Crippen molar-refractivity contribution < 1.29 is 4.48 Å². The first kappa shape index (κ1) is 22.5. The standard InChI is InChI=1S/C24H46N/c1-3-5-6-7-8-9-10-11-12-13-14-15-16-17-19-22-25(4-2)23-20-18-21-24-25/h18,20-21,23H,3-17,19,22,24H2,1-2H3/q+1. The van der Waals surface area contributed by atoms with Crippen LogP contribution in [0.4, 0.5) is 0 Å². The fourth-order valence-corrected chi connectivity index (χ4v) is 4.00. The van der Waals surface area contributed by atoms with Crippen molar-refractivity contribution in [2.75, 3.05) is 19.6 Å². The van der Waals surface area contributed by atoms with Crippen molar-refractivity contribution in [2.24, 2.45) is 0 Å². The molecule has 1 aliphatic heterocycles. The van der Waals surface area contributed by atoms with E-state index in [0.29, 0.717) is 0 Å². The zero-order valence-electron chi connectivity index (χ0n) is 17.5. The minimum atomic E-state index is 1.18. The van der Waals surface area contributed by atoms with Gasteiger partial charge in [-0.25, -0.2) is 0 Å². The molecule has 0 fully saturated rings. The monoisotopic (exact) mass is 348 g/mol. The zero-order chi connectivity index (χ0) is 18.1. The molecule has 1 aliphatic rings. The number of unbranched alkanes of at least 4 members (excludes halogenated alkanes) is 14. The Morgan fingerprint density at radius 3 is 1.48 bits per heavy atom. The van der Waals surface area contributed by atoms with Crippen molar-refractivity contribution in [3.05, 3.63) is 24.4 Å². The van der Waals surface area contributed by atoms with Crippen LogP contribution in [-0.4, -0.2) is 24.1 Å². The molecule has 0 spiro atoms. The highest BCUT2D eigenvalue weighted by atomic mass is 15.3. The second-order valence-electron chi connectivity index (χ2n) is 8.16. The molecule has 0 aromatic heterocycles. The highest BCUT2D eigenvalue weighted by Gasteiger charge is 2.21. The lowest BCUT2D eigenvalue weighted by atomic mass is 10.0. The lowest BCUT2D eigenvalue weighted by Gasteiger charge is -2.34. The molecule has 0 amide bonds. The van der Waals surface area contributed by atoms with Gasteiger partial charge in [0.15, 0.2) is 0 Å². The Morgan fingerprint density at radius 2 is 1.08 bits per heavy atom. The lowest BCUT2D eigenvalue weighted by molar-refractivity contribution is -0.872. The molecule has 0 bridgehead atoms. The van der Waals surface area contributed by atoms with Crippen LogP contribution >= 0.6 is 0 Å². The Balaban J connectivity index is 1.80. The van der Waals surface area contributed by atoms with Crippen molar-refractivity contribution in [3.63, 3.8) is 0 Å². The Hall–Kier alpha value is -0.560. The number of rotatable bonds is 17. The van der Waals surface area contributed by atoms with Crippen LogP contribution in [-0.2, 0) is 0 Å². The van der Waals surface area contributed by atoms with Gasteiger partial charge in [0.05, 0.1) is 19.3 Å². The maximum atomic E-state index is 2.41. The van der Waals surface area contributed by atoms with Gasteiger partial charge in [0.1, 0.15) is 6.54 Å². The van der Waals surface area contributed by atoms with Gasteiger partial charge in [-0.3, -0.25) is 4.48 Å². The fourth-order valence-electron chi connectivity index (χ4n) is 4.00. The largest absolute Gasteiger partial charge is 0.294 e. The summed E-state index contributed by atoms with van der Waals surface area (Å²) in [5, 5.41) is 0. The Bertz CT molecular complexity index is 344. The molecule has 1 heteroatoms. The summed E-state index contributed by atoms with van der Waals surface area (Å²) in [6.07, 6.45) is 30.9. The van der Waals surface area contributed by atoms with Crippen LogP contribution in [0.25, 0.3) is 0 Å². The molecule has 1 rings (SSSR count). The van der Waals surface area contributed by atoms with Crippen LogP contribution in [0, 0.1) is 0 Å².